The molecule has 0 unspecified atom stereocenters. The maximum atomic E-state index is 5.61. The lowest BCUT2D eigenvalue weighted by Crippen LogP contribution is -1.88. The molecule has 12 heavy (non-hydrogen) atoms. The van der Waals surface area contributed by atoms with Gasteiger partial charge in [0.2, 0.25) is 0 Å². The number of hydrogen-bond donors (Lipinski definition) is 1. The van der Waals surface area contributed by atoms with Crippen molar-refractivity contribution in [1.82, 2.24) is 5.16 Å². The molecule has 0 aromatic carbocycles. The zero-order valence-electron chi connectivity index (χ0n) is 6.36. The van der Waals surface area contributed by atoms with E-state index in [0.717, 1.165) is 12.2 Å². The maximum absolute atomic E-state index is 5.61. The number of nitrogens with zero attached hydrogens (tertiary/aromatic N) is 1. The van der Waals surface area contributed by atoms with Gasteiger partial charge in [-0.2, -0.15) is 0 Å². The Bertz CT molecular complexity index is 353. The van der Waals surface area contributed by atoms with E-state index in [4.69, 9.17) is 10.3 Å². The van der Waals surface area contributed by atoms with Crippen LogP contribution in [-0.4, -0.2) is 5.16 Å². The predicted molar refractivity (Wildman–Crippen MR) is 48.0 cm³/mol. The van der Waals surface area contributed by atoms with Crippen LogP contribution in [0.3, 0.4) is 0 Å². The highest BCUT2D eigenvalue weighted by atomic mass is 32.1. The van der Waals surface area contributed by atoms with Gasteiger partial charge in [-0.05, 0) is 11.4 Å². The van der Waals surface area contributed by atoms with Gasteiger partial charge in [-0.25, -0.2) is 0 Å². The summed E-state index contributed by atoms with van der Waals surface area (Å²) in [6.07, 6.45) is 2.27. The molecule has 0 radical (unpaired) electrons. The summed E-state index contributed by atoms with van der Waals surface area (Å²) >= 11 is 1.69. The SMILES string of the molecule is Nc1cnoc1Cc1cccs1. The van der Waals surface area contributed by atoms with Crippen molar-refractivity contribution in [1.29, 1.82) is 0 Å². The molecule has 0 aliphatic heterocycles. The third kappa shape index (κ3) is 1.33. The molecule has 0 saturated carbocycles. The number of anilines is 1. The van der Waals surface area contributed by atoms with E-state index in [1.54, 1.807) is 11.3 Å². The van der Waals surface area contributed by atoms with Gasteiger partial charge in [-0.1, -0.05) is 11.2 Å². The summed E-state index contributed by atoms with van der Waals surface area (Å²) < 4.78 is 4.97. The Hall–Kier alpha value is -1.29. The van der Waals surface area contributed by atoms with Gasteiger partial charge in [0.1, 0.15) is 0 Å². The van der Waals surface area contributed by atoms with E-state index in [1.165, 1.54) is 11.1 Å². The summed E-state index contributed by atoms with van der Waals surface area (Å²) in [5, 5.41) is 5.64. The minimum absolute atomic E-state index is 0.628. The van der Waals surface area contributed by atoms with Gasteiger partial charge in [-0.15, -0.1) is 11.3 Å². The molecule has 0 atom stereocenters. The van der Waals surface area contributed by atoms with Crippen molar-refractivity contribution in [2.24, 2.45) is 0 Å². The van der Waals surface area contributed by atoms with Crippen LogP contribution in [0, 0.1) is 0 Å². The van der Waals surface area contributed by atoms with Crippen LogP contribution in [0.15, 0.2) is 28.2 Å². The molecule has 0 spiro atoms. The fourth-order valence-corrected chi connectivity index (χ4v) is 1.68. The van der Waals surface area contributed by atoms with Crippen molar-refractivity contribution in [3.63, 3.8) is 0 Å². The molecule has 2 aromatic heterocycles. The number of nitrogens with two attached hydrogens (primary N) is 1. The zero-order chi connectivity index (χ0) is 8.39. The van der Waals surface area contributed by atoms with E-state index in [2.05, 4.69) is 5.16 Å². The van der Waals surface area contributed by atoms with E-state index in [-0.39, 0.29) is 0 Å². The van der Waals surface area contributed by atoms with Gasteiger partial charge in [0, 0.05) is 11.3 Å². The van der Waals surface area contributed by atoms with E-state index < -0.39 is 0 Å². The summed E-state index contributed by atoms with van der Waals surface area (Å²) in [6, 6.07) is 4.05. The molecule has 0 aliphatic carbocycles. The molecule has 3 nitrogen and oxygen atoms in total. The summed E-state index contributed by atoms with van der Waals surface area (Å²) in [5.74, 6) is 0.748. The molecule has 0 fully saturated rings. The first kappa shape index (κ1) is 7.36. The molecule has 2 heterocycles. The van der Waals surface area contributed by atoms with Crippen LogP contribution < -0.4 is 5.73 Å². The lowest BCUT2D eigenvalue weighted by Gasteiger charge is -1.91. The van der Waals surface area contributed by atoms with Gasteiger partial charge in [0.25, 0.3) is 0 Å². The predicted octanol–water partition coefficient (Wildman–Crippen LogP) is 1.91. The second-order valence-electron chi connectivity index (χ2n) is 2.46. The number of aromatic nitrogens is 1. The fraction of sp³-hybridized carbons (Fsp3) is 0.125. The highest BCUT2D eigenvalue weighted by Crippen LogP contribution is 2.18. The Morgan fingerprint density at radius 3 is 3.08 bits per heavy atom. The van der Waals surface area contributed by atoms with Crippen molar-refractivity contribution >= 4 is 17.0 Å². The highest BCUT2D eigenvalue weighted by molar-refractivity contribution is 7.09. The summed E-state index contributed by atoms with van der Waals surface area (Å²) in [5.41, 5.74) is 6.23. The molecule has 0 aliphatic rings. The Labute approximate surface area is 73.8 Å². The van der Waals surface area contributed by atoms with Crippen LogP contribution in [0.4, 0.5) is 5.69 Å². The number of nitrogen functional groups attached to an aromatic ring is 1. The molecule has 0 saturated heterocycles. The Morgan fingerprint density at radius 2 is 2.50 bits per heavy atom. The van der Waals surface area contributed by atoms with Crippen molar-refractivity contribution < 1.29 is 4.52 Å². The standard InChI is InChI=1S/C8H8N2OS/c9-7-5-10-11-8(7)4-6-2-1-3-12-6/h1-3,5H,4,9H2. The van der Waals surface area contributed by atoms with Gasteiger partial charge in [0.15, 0.2) is 5.76 Å². The third-order valence-electron chi connectivity index (χ3n) is 1.59. The maximum Gasteiger partial charge on any atom is 0.164 e. The van der Waals surface area contributed by atoms with Crippen molar-refractivity contribution in [2.45, 2.75) is 6.42 Å². The summed E-state index contributed by atoms with van der Waals surface area (Å²) in [4.78, 5) is 1.23. The van der Waals surface area contributed by atoms with E-state index >= 15 is 0 Å². The van der Waals surface area contributed by atoms with Crippen LogP contribution in [0.5, 0.6) is 0 Å². The first-order valence-corrected chi connectivity index (χ1v) is 4.45. The molecular formula is C8H8N2OS. The topological polar surface area (TPSA) is 52.0 Å². The second kappa shape index (κ2) is 2.98. The van der Waals surface area contributed by atoms with Crippen LogP contribution in [0.1, 0.15) is 10.6 Å². The van der Waals surface area contributed by atoms with E-state index in [9.17, 15) is 0 Å². The fourth-order valence-electron chi connectivity index (χ4n) is 0.977. The Balaban J connectivity index is 2.20. The average molecular weight is 180 g/mol. The molecule has 0 amide bonds. The van der Waals surface area contributed by atoms with Crippen molar-refractivity contribution in [2.75, 3.05) is 5.73 Å². The Morgan fingerprint density at radius 1 is 1.58 bits per heavy atom. The van der Waals surface area contributed by atoms with Gasteiger partial charge < -0.3 is 10.3 Å². The number of thiophene rings is 1. The van der Waals surface area contributed by atoms with Crippen LogP contribution >= 0.6 is 11.3 Å². The smallest absolute Gasteiger partial charge is 0.164 e. The lowest BCUT2D eigenvalue weighted by atomic mass is 10.2. The van der Waals surface area contributed by atoms with Crippen molar-refractivity contribution in [3.8, 4) is 0 Å². The zero-order valence-corrected chi connectivity index (χ0v) is 7.17. The van der Waals surface area contributed by atoms with E-state index in [1.807, 2.05) is 17.5 Å². The lowest BCUT2D eigenvalue weighted by molar-refractivity contribution is 0.391. The van der Waals surface area contributed by atoms with Gasteiger partial charge in [0.05, 0.1) is 11.9 Å². The molecule has 4 heteroatoms. The highest BCUT2D eigenvalue weighted by Gasteiger charge is 2.05. The van der Waals surface area contributed by atoms with Crippen molar-refractivity contribution in [3.05, 3.63) is 34.3 Å². The van der Waals surface area contributed by atoms with Gasteiger partial charge >= 0.3 is 0 Å². The largest absolute Gasteiger partial charge is 0.395 e. The first-order chi connectivity index (χ1) is 5.86. The van der Waals surface area contributed by atoms with Crippen LogP contribution in [-0.2, 0) is 6.42 Å². The average Bonchev–Trinajstić information content (AvgIpc) is 2.65. The van der Waals surface area contributed by atoms with Gasteiger partial charge in [-0.3, -0.25) is 0 Å². The monoisotopic (exact) mass is 180 g/mol. The minimum Gasteiger partial charge on any atom is -0.395 e. The minimum atomic E-state index is 0.628. The molecule has 2 aromatic rings. The molecular weight excluding hydrogens is 172 g/mol. The molecule has 2 N–H and O–H groups in total. The molecule has 2 rings (SSSR count). The number of hydrogen-bond acceptors (Lipinski definition) is 4. The summed E-state index contributed by atoms with van der Waals surface area (Å²) in [7, 11) is 0. The second-order valence-corrected chi connectivity index (χ2v) is 3.49. The normalized spacial score (nSPS) is 10.3. The number of rotatable bonds is 2. The molecule has 62 valence electrons. The van der Waals surface area contributed by atoms with Crippen LogP contribution in [0.25, 0.3) is 0 Å². The Kier molecular flexibility index (Phi) is 1.83. The molecule has 0 bridgehead atoms. The van der Waals surface area contributed by atoms with Crippen LogP contribution in [0.2, 0.25) is 0 Å². The summed E-state index contributed by atoms with van der Waals surface area (Å²) in [6.45, 7) is 0. The van der Waals surface area contributed by atoms with E-state index in [0.29, 0.717) is 5.69 Å². The third-order valence-corrected chi connectivity index (χ3v) is 2.47. The first-order valence-electron chi connectivity index (χ1n) is 3.57. The quantitative estimate of drug-likeness (QED) is 0.768.